The van der Waals surface area contributed by atoms with Gasteiger partial charge in [0.05, 0.1) is 12.7 Å². The van der Waals surface area contributed by atoms with E-state index < -0.39 is 0 Å². The summed E-state index contributed by atoms with van der Waals surface area (Å²) in [5.74, 6) is 1.92. The first kappa shape index (κ1) is 9.90. The van der Waals surface area contributed by atoms with Crippen LogP contribution in [0.25, 0.3) is 0 Å². The van der Waals surface area contributed by atoms with Gasteiger partial charge < -0.3 is 9.64 Å². The van der Waals surface area contributed by atoms with Crippen LogP contribution in [0, 0.1) is 0 Å². The lowest BCUT2D eigenvalue weighted by molar-refractivity contribution is 0.246. The zero-order valence-electron chi connectivity index (χ0n) is 9.76. The zero-order chi connectivity index (χ0) is 11.1. The number of nitrogens with zero attached hydrogens (tertiary/aromatic N) is 3. The Bertz CT molecular complexity index is 394. The highest BCUT2D eigenvalue weighted by atomic mass is 16.5. The van der Waals surface area contributed by atoms with Crippen LogP contribution in [0.2, 0.25) is 0 Å². The van der Waals surface area contributed by atoms with Gasteiger partial charge in [-0.2, -0.15) is 0 Å². The van der Waals surface area contributed by atoms with E-state index in [2.05, 4.69) is 28.6 Å². The first-order chi connectivity index (χ1) is 7.75. The van der Waals surface area contributed by atoms with Gasteiger partial charge in [-0.1, -0.05) is 0 Å². The second-order valence-corrected chi connectivity index (χ2v) is 4.77. The highest BCUT2D eigenvalue weighted by Crippen LogP contribution is 2.34. The third-order valence-electron chi connectivity index (χ3n) is 3.40. The van der Waals surface area contributed by atoms with Crippen molar-refractivity contribution in [2.75, 3.05) is 24.7 Å². The van der Waals surface area contributed by atoms with E-state index in [1.54, 1.807) is 0 Å². The van der Waals surface area contributed by atoms with Gasteiger partial charge in [-0.05, 0) is 26.0 Å². The van der Waals surface area contributed by atoms with E-state index in [0.29, 0.717) is 12.1 Å². The third kappa shape index (κ3) is 1.45. The molecule has 0 bridgehead atoms. The minimum Gasteiger partial charge on any atom is -0.488 e. The Hall–Kier alpha value is -1.29. The van der Waals surface area contributed by atoms with Crippen LogP contribution in [0.5, 0.6) is 5.75 Å². The lowest BCUT2D eigenvalue weighted by Gasteiger charge is -2.31. The van der Waals surface area contributed by atoms with Gasteiger partial charge in [0, 0.05) is 18.8 Å². The number of fused-ring (bicyclic) bond motifs is 3. The number of pyridine rings is 1. The minimum atomic E-state index is 0.463. The first-order valence-electron chi connectivity index (χ1n) is 5.84. The van der Waals surface area contributed by atoms with E-state index >= 15 is 0 Å². The zero-order valence-corrected chi connectivity index (χ0v) is 9.76. The van der Waals surface area contributed by atoms with Crippen molar-refractivity contribution < 1.29 is 4.74 Å². The summed E-state index contributed by atoms with van der Waals surface area (Å²) >= 11 is 0. The van der Waals surface area contributed by atoms with Crippen molar-refractivity contribution in [3.8, 4) is 5.75 Å². The van der Waals surface area contributed by atoms with E-state index in [1.165, 1.54) is 0 Å². The van der Waals surface area contributed by atoms with Crippen LogP contribution in [-0.4, -0.2) is 41.8 Å². The summed E-state index contributed by atoms with van der Waals surface area (Å²) in [5.41, 5.74) is 0. The molecule has 0 spiro atoms. The monoisotopic (exact) mass is 219 g/mol. The summed E-state index contributed by atoms with van der Waals surface area (Å²) < 4.78 is 5.73. The molecule has 86 valence electrons. The quantitative estimate of drug-likeness (QED) is 0.712. The Morgan fingerprint density at radius 2 is 2.38 bits per heavy atom. The van der Waals surface area contributed by atoms with Gasteiger partial charge in [0.1, 0.15) is 6.61 Å². The summed E-state index contributed by atoms with van der Waals surface area (Å²) in [6, 6.07) is 4.97. The smallest absolute Gasteiger partial charge is 0.172 e. The predicted octanol–water partition coefficient (Wildman–Crippen LogP) is 1.33. The molecule has 4 nitrogen and oxygen atoms in total. The average Bonchev–Trinajstić information content (AvgIpc) is 2.73. The second-order valence-electron chi connectivity index (χ2n) is 4.77. The van der Waals surface area contributed by atoms with Crippen molar-refractivity contribution in [1.29, 1.82) is 0 Å². The maximum absolute atomic E-state index is 5.73. The molecule has 1 unspecified atom stereocenters. The number of anilines is 1. The molecule has 2 aliphatic heterocycles. The fourth-order valence-electron chi connectivity index (χ4n) is 2.39. The lowest BCUT2D eigenvalue weighted by Crippen LogP contribution is -2.40. The highest BCUT2D eigenvalue weighted by Gasteiger charge is 2.37. The fourth-order valence-corrected chi connectivity index (χ4v) is 2.39. The van der Waals surface area contributed by atoms with Gasteiger partial charge in [0.15, 0.2) is 11.6 Å². The molecule has 4 heteroatoms. The molecule has 0 radical (unpaired) electrons. The van der Waals surface area contributed by atoms with Crippen molar-refractivity contribution in [3.05, 3.63) is 18.3 Å². The average molecular weight is 219 g/mol. The van der Waals surface area contributed by atoms with Gasteiger partial charge >= 0.3 is 0 Å². The van der Waals surface area contributed by atoms with Gasteiger partial charge in [0.2, 0.25) is 0 Å². The van der Waals surface area contributed by atoms with Crippen LogP contribution in [0.4, 0.5) is 5.82 Å². The van der Waals surface area contributed by atoms with Crippen molar-refractivity contribution in [2.45, 2.75) is 25.9 Å². The second kappa shape index (κ2) is 3.63. The molecule has 1 aromatic heterocycles. The van der Waals surface area contributed by atoms with Gasteiger partial charge in [0.25, 0.3) is 0 Å². The van der Waals surface area contributed by atoms with E-state index in [4.69, 9.17) is 4.74 Å². The summed E-state index contributed by atoms with van der Waals surface area (Å²) in [6.45, 7) is 7.29. The van der Waals surface area contributed by atoms with Crippen molar-refractivity contribution in [1.82, 2.24) is 9.88 Å². The number of aromatic nitrogens is 1. The Labute approximate surface area is 95.8 Å². The van der Waals surface area contributed by atoms with Crippen LogP contribution >= 0.6 is 0 Å². The molecule has 0 saturated carbocycles. The Balaban J connectivity index is 1.90. The minimum absolute atomic E-state index is 0.463. The molecular weight excluding hydrogens is 202 g/mol. The van der Waals surface area contributed by atoms with Crippen LogP contribution in [0.1, 0.15) is 13.8 Å². The van der Waals surface area contributed by atoms with Crippen LogP contribution in [0.3, 0.4) is 0 Å². The molecule has 0 aromatic carbocycles. The van der Waals surface area contributed by atoms with Gasteiger partial charge in [-0.15, -0.1) is 0 Å². The Morgan fingerprint density at radius 3 is 3.19 bits per heavy atom. The summed E-state index contributed by atoms with van der Waals surface area (Å²) in [6.07, 6.45) is 1.84. The Morgan fingerprint density at radius 1 is 1.50 bits per heavy atom. The molecule has 0 aliphatic carbocycles. The normalized spacial score (nSPS) is 24.2. The maximum Gasteiger partial charge on any atom is 0.172 e. The fraction of sp³-hybridized carbons (Fsp3) is 0.583. The third-order valence-corrected chi connectivity index (χ3v) is 3.40. The van der Waals surface area contributed by atoms with Crippen molar-refractivity contribution in [3.63, 3.8) is 0 Å². The standard InChI is InChI=1S/C12H17N3O/c1-9(2)14-6-10-7-16-11-4-3-5-13-12(11)15(10)8-14/h3-5,9-10H,6-8H2,1-2H3. The van der Waals surface area contributed by atoms with Gasteiger partial charge in [-0.25, -0.2) is 4.98 Å². The molecule has 1 fully saturated rings. The molecule has 1 saturated heterocycles. The number of rotatable bonds is 1. The van der Waals surface area contributed by atoms with Crippen molar-refractivity contribution >= 4 is 5.82 Å². The predicted molar refractivity (Wildman–Crippen MR) is 62.7 cm³/mol. The molecule has 1 aromatic rings. The molecular formula is C12H17N3O. The van der Waals surface area contributed by atoms with E-state index in [-0.39, 0.29) is 0 Å². The number of ether oxygens (including phenoxy) is 1. The van der Waals surface area contributed by atoms with Crippen LogP contribution < -0.4 is 9.64 Å². The van der Waals surface area contributed by atoms with E-state index in [0.717, 1.165) is 31.4 Å². The highest BCUT2D eigenvalue weighted by molar-refractivity contribution is 5.55. The summed E-state index contributed by atoms with van der Waals surface area (Å²) in [7, 11) is 0. The van der Waals surface area contributed by atoms with E-state index in [1.807, 2.05) is 18.3 Å². The van der Waals surface area contributed by atoms with Gasteiger partial charge in [-0.3, -0.25) is 4.90 Å². The Kier molecular flexibility index (Phi) is 2.24. The topological polar surface area (TPSA) is 28.6 Å². The molecule has 16 heavy (non-hydrogen) atoms. The van der Waals surface area contributed by atoms with E-state index in [9.17, 15) is 0 Å². The summed E-state index contributed by atoms with van der Waals surface area (Å²) in [5, 5.41) is 0. The molecule has 2 aliphatic rings. The van der Waals surface area contributed by atoms with Crippen LogP contribution in [0.15, 0.2) is 18.3 Å². The summed E-state index contributed by atoms with van der Waals surface area (Å²) in [4.78, 5) is 9.25. The molecule has 3 rings (SSSR count). The van der Waals surface area contributed by atoms with Crippen molar-refractivity contribution in [2.24, 2.45) is 0 Å². The maximum atomic E-state index is 5.73. The molecule has 1 atom stereocenters. The molecule has 0 amide bonds. The lowest BCUT2D eigenvalue weighted by atomic mass is 10.2. The SMILES string of the molecule is CC(C)N1CC2COc3cccnc3N2C1. The number of hydrogen-bond acceptors (Lipinski definition) is 4. The van der Waals surface area contributed by atoms with Crippen LogP contribution in [-0.2, 0) is 0 Å². The number of hydrogen-bond donors (Lipinski definition) is 0. The largest absolute Gasteiger partial charge is 0.488 e. The first-order valence-corrected chi connectivity index (χ1v) is 5.84. The molecule has 0 N–H and O–H groups in total. The molecule has 3 heterocycles.